The largest absolute Gasteiger partial charge is 0.328 e. The lowest BCUT2D eigenvalue weighted by molar-refractivity contribution is 0.626. The highest BCUT2D eigenvalue weighted by Crippen LogP contribution is 2.22. The zero-order valence-corrected chi connectivity index (χ0v) is 14.4. The molecule has 5 heteroatoms. The Morgan fingerprint density at radius 3 is 2.77 bits per heavy atom. The molecule has 0 fully saturated rings. The highest BCUT2D eigenvalue weighted by molar-refractivity contribution is 5.77. The van der Waals surface area contributed by atoms with Gasteiger partial charge in [0.05, 0.1) is 22.7 Å². The average molecular weight is 344 g/mol. The zero-order chi connectivity index (χ0) is 18.1. The molecule has 0 aliphatic heterocycles. The fourth-order valence-electron chi connectivity index (χ4n) is 3.34. The van der Waals surface area contributed by atoms with E-state index in [9.17, 15) is 4.39 Å². The number of aryl methyl sites for hydroxylation is 1. The Balaban J connectivity index is 1.77. The number of hydrogen-bond donors (Lipinski definition) is 0. The van der Waals surface area contributed by atoms with Gasteiger partial charge in [0.25, 0.3) is 0 Å². The quantitative estimate of drug-likeness (QED) is 0.549. The van der Waals surface area contributed by atoms with E-state index in [1.807, 2.05) is 47.2 Å². The van der Waals surface area contributed by atoms with Crippen molar-refractivity contribution in [1.82, 2.24) is 14.1 Å². The van der Waals surface area contributed by atoms with E-state index in [0.717, 1.165) is 34.8 Å². The summed E-state index contributed by atoms with van der Waals surface area (Å²) in [4.78, 5) is 4.74. The third-order valence-corrected chi connectivity index (χ3v) is 4.53. The van der Waals surface area contributed by atoms with E-state index in [4.69, 9.17) is 10.2 Å². The van der Waals surface area contributed by atoms with Gasteiger partial charge in [0.15, 0.2) is 0 Å². The lowest BCUT2D eigenvalue weighted by Crippen LogP contribution is -2.06. The highest BCUT2D eigenvalue weighted by Gasteiger charge is 2.13. The molecule has 4 nitrogen and oxygen atoms in total. The summed E-state index contributed by atoms with van der Waals surface area (Å²) in [5, 5.41) is 9.10. The fourth-order valence-corrected chi connectivity index (χ4v) is 3.34. The maximum Gasteiger partial charge on any atom is 0.125 e. The van der Waals surface area contributed by atoms with E-state index in [1.54, 1.807) is 6.07 Å². The monoisotopic (exact) mass is 344 g/mol. The zero-order valence-electron chi connectivity index (χ0n) is 14.4. The van der Waals surface area contributed by atoms with Gasteiger partial charge in [-0.2, -0.15) is 5.26 Å². The number of nitriles is 1. The number of benzene rings is 2. The summed E-state index contributed by atoms with van der Waals surface area (Å²) in [5.74, 6) is 0.668. The van der Waals surface area contributed by atoms with E-state index in [1.165, 1.54) is 12.1 Å². The summed E-state index contributed by atoms with van der Waals surface area (Å²) in [6.07, 6.45) is 2.55. The third kappa shape index (κ3) is 2.76. The van der Waals surface area contributed by atoms with Crippen LogP contribution in [0.25, 0.3) is 16.7 Å². The first-order valence-corrected chi connectivity index (χ1v) is 8.51. The van der Waals surface area contributed by atoms with E-state index in [2.05, 4.69) is 17.6 Å². The second-order valence-electron chi connectivity index (χ2n) is 6.11. The van der Waals surface area contributed by atoms with Gasteiger partial charge in [-0.1, -0.05) is 6.07 Å². The Morgan fingerprint density at radius 2 is 2.00 bits per heavy atom. The molecule has 26 heavy (non-hydrogen) atoms. The summed E-state index contributed by atoms with van der Waals surface area (Å²) in [5.41, 5.74) is 4.26. The standard InChI is InChI=1S/C21H17FN4/c1-2-25-20-9-8-15(14-23)11-19(20)24-21(25)13-18-7-4-10-26(18)17-6-3-5-16(22)12-17/h3-12H,2,13H2,1H3. The molecule has 2 aromatic heterocycles. The number of aromatic nitrogens is 3. The van der Waals surface area contributed by atoms with Crippen LogP contribution in [-0.2, 0) is 13.0 Å². The Labute approximate surface area is 150 Å². The normalized spacial score (nSPS) is 11.0. The first-order chi connectivity index (χ1) is 12.7. The number of hydrogen-bond acceptors (Lipinski definition) is 2. The van der Waals surface area contributed by atoms with Gasteiger partial charge in [-0.05, 0) is 55.5 Å². The van der Waals surface area contributed by atoms with Crippen molar-refractivity contribution in [3.8, 4) is 11.8 Å². The summed E-state index contributed by atoms with van der Waals surface area (Å²) in [6.45, 7) is 2.87. The van der Waals surface area contributed by atoms with Crippen molar-refractivity contribution in [2.75, 3.05) is 0 Å². The smallest absolute Gasteiger partial charge is 0.125 e. The van der Waals surface area contributed by atoms with Crippen LogP contribution in [0.15, 0.2) is 60.8 Å². The van der Waals surface area contributed by atoms with Crippen LogP contribution < -0.4 is 0 Å². The highest BCUT2D eigenvalue weighted by atomic mass is 19.1. The molecular weight excluding hydrogens is 327 g/mol. The van der Waals surface area contributed by atoms with Gasteiger partial charge in [-0.15, -0.1) is 0 Å². The molecule has 128 valence electrons. The van der Waals surface area contributed by atoms with E-state index >= 15 is 0 Å². The van der Waals surface area contributed by atoms with Gasteiger partial charge >= 0.3 is 0 Å². The molecule has 0 radical (unpaired) electrons. The predicted molar refractivity (Wildman–Crippen MR) is 98.7 cm³/mol. The summed E-state index contributed by atoms with van der Waals surface area (Å²) in [6, 6.07) is 18.3. The van der Waals surface area contributed by atoms with E-state index in [-0.39, 0.29) is 5.82 Å². The van der Waals surface area contributed by atoms with Crippen LogP contribution in [0.3, 0.4) is 0 Å². The minimum atomic E-state index is -0.257. The molecule has 0 atom stereocenters. The molecule has 2 heterocycles. The minimum Gasteiger partial charge on any atom is -0.328 e. The summed E-state index contributed by atoms with van der Waals surface area (Å²) >= 11 is 0. The first-order valence-electron chi connectivity index (χ1n) is 8.51. The number of imidazole rings is 1. The van der Waals surface area contributed by atoms with Crippen molar-refractivity contribution in [2.24, 2.45) is 0 Å². The van der Waals surface area contributed by atoms with Crippen LogP contribution in [0.1, 0.15) is 24.0 Å². The molecule has 2 aromatic carbocycles. The number of rotatable bonds is 4. The molecule has 4 rings (SSSR count). The van der Waals surface area contributed by atoms with Gasteiger partial charge in [0.2, 0.25) is 0 Å². The van der Waals surface area contributed by atoms with Gasteiger partial charge in [-0.25, -0.2) is 9.37 Å². The molecule has 0 bridgehead atoms. The minimum absolute atomic E-state index is 0.257. The predicted octanol–water partition coefficient (Wildman–Crippen LogP) is 4.45. The van der Waals surface area contributed by atoms with Crippen molar-refractivity contribution >= 4 is 11.0 Å². The molecule has 0 amide bonds. The second-order valence-corrected chi connectivity index (χ2v) is 6.11. The van der Waals surface area contributed by atoms with Gasteiger partial charge < -0.3 is 9.13 Å². The van der Waals surface area contributed by atoms with E-state index in [0.29, 0.717) is 12.0 Å². The van der Waals surface area contributed by atoms with Crippen LogP contribution in [0, 0.1) is 17.1 Å². The topological polar surface area (TPSA) is 46.5 Å². The molecule has 0 spiro atoms. The SMILES string of the molecule is CCn1c(Cc2cccn2-c2cccc(F)c2)nc2cc(C#N)ccc21. The molecule has 0 aliphatic carbocycles. The number of halogens is 1. The summed E-state index contributed by atoms with van der Waals surface area (Å²) in [7, 11) is 0. The number of nitrogens with zero attached hydrogens (tertiary/aromatic N) is 4. The van der Waals surface area contributed by atoms with Crippen LogP contribution >= 0.6 is 0 Å². The molecule has 0 saturated heterocycles. The van der Waals surface area contributed by atoms with Crippen molar-refractivity contribution in [3.63, 3.8) is 0 Å². The lowest BCUT2D eigenvalue weighted by Gasteiger charge is -2.10. The van der Waals surface area contributed by atoms with Gasteiger partial charge in [-0.3, -0.25) is 0 Å². The van der Waals surface area contributed by atoms with Crippen LogP contribution in [0.5, 0.6) is 0 Å². The van der Waals surface area contributed by atoms with Crippen LogP contribution in [0.4, 0.5) is 4.39 Å². The van der Waals surface area contributed by atoms with E-state index < -0.39 is 0 Å². The summed E-state index contributed by atoms with van der Waals surface area (Å²) < 4.78 is 17.7. The third-order valence-electron chi connectivity index (χ3n) is 4.53. The molecule has 0 N–H and O–H groups in total. The van der Waals surface area contributed by atoms with Gasteiger partial charge in [0.1, 0.15) is 11.6 Å². The fraction of sp³-hybridized carbons (Fsp3) is 0.143. The molecular formula is C21H17FN4. The van der Waals surface area contributed by atoms with Crippen molar-refractivity contribution in [1.29, 1.82) is 5.26 Å². The molecule has 4 aromatic rings. The van der Waals surface area contributed by atoms with Gasteiger partial charge in [0, 0.05) is 30.5 Å². The van der Waals surface area contributed by atoms with Crippen molar-refractivity contribution < 1.29 is 4.39 Å². The molecule has 0 aliphatic rings. The number of fused-ring (bicyclic) bond motifs is 1. The Hall–Kier alpha value is -3.39. The molecule has 0 saturated carbocycles. The van der Waals surface area contributed by atoms with Crippen molar-refractivity contribution in [3.05, 3.63) is 83.7 Å². The maximum atomic E-state index is 13.6. The van der Waals surface area contributed by atoms with Crippen molar-refractivity contribution in [2.45, 2.75) is 19.9 Å². The average Bonchev–Trinajstić information content (AvgIpc) is 3.25. The lowest BCUT2D eigenvalue weighted by atomic mass is 10.2. The maximum absolute atomic E-state index is 13.6. The Morgan fingerprint density at radius 1 is 1.12 bits per heavy atom. The first kappa shape index (κ1) is 16.1. The Bertz CT molecular complexity index is 1130. The van der Waals surface area contributed by atoms with Crippen LogP contribution in [0.2, 0.25) is 0 Å². The molecule has 0 unspecified atom stereocenters. The van der Waals surface area contributed by atoms with Crippen LogP contribution in [-0.4, -0.2) is 14.1 Å². The second kappa shape index (κ2) is 6.49. The Kier molecular flexibility index (Phi) is 4.02.